The summed E-state index contributed by atoms with van der Waals surface area (Å²) in [4.78, 5) is 28.4. The lowest BCUT2D eigenvalue weighted by molar-refractivity contribution is -0.133. The molecule has 3 atom stereocenters. The highest BCUT2D eigenvalue weighted by molar-refractivity contribution is 5.87. The van der Waals surface area contributed by atoms with Crippen LogP contribution in [-0.2, 0) is 20.9 Å². The van der Waals surface area contributed by atoms with Crippen molar-refractivity contribution in [2.75, 3.05) is 0 Å². The Kier molecular flexibility index (Phi) is 8.12. The van der Waals surface area contributed by atoms with Crippen LogP contribution in [0.2, 0.25) is 0 Å². The Hall–Kier alpha value is -3.56. The van der Waals surface area contributed by atoms with Gasteiger partial charge in [0.1, 0.15) is 0 Å². The van der Waals surface area contributed by atoms with Gasteiger partial charge in [0.25, 0.3) is 5.89 Å². The van der Waals surface area contributed by atoms with Gasteiger partial charge in [-0.1, -0.05) is 49.3 Å². The van der Waals surface area contributed by atoms with Gasteiger partial charge < -0.3 is 25.0 Å². The minimum Gasteiger partial charge on any atom is -0.478 e. The van der Waals surface area contributed by atoms with Gasteiger partial charge in [-0.05, 0) is 48.2 Å². The summed E-state index contributed by atoms with van der Waals surface area (Å²) >= 11 is 0. The van der Waals surface area contributed by atoms with Crippen molar-refractivity contribution >= 4 is 22.6 Å². The lowest BCUT2D eigenvalue weighted by atomic mass is 9.87. The molecule has 1 heterocycles. The van der Waals surface area contributed by atoms with Crippen molar-refractivity contribution in [3.05, 3.63) is 59.9 Å². The Morgan fingerprint density at radius 2 is 1.92 bits per heavy atom. The van der Waals surface area contributed by atoms with Gasteiger partial charge in [0, 0.05) is 24.1 Å². The first-order valence-electron chi connectivity index (χ1n) is 12.3. The Morgan fingerprint density at radius 3 is 2.61 bits per heavy atom. The molecule has 0 saturated heterocycles. The fourth-order valence-electron chi connectivity index (χ4n) is 4.55. The largest absolute Gasteiger partial charge is 0.478 e. The summed E-state index contributed by atoms with van der Waals surface area (Å²) < 4.78 is 11.7. The lowest BCUT2D eigenvalue weighted by Crippen LogP contribution is -2.58. The number of hydrogen-bond donors (Lipinski definition) is 3. The van der Waals surface area contributed by atoms with Crippen LogP contribution in [0.15, 0.2) is 58.6 Å². The smallest absolute Gasteiger partial charge is 0.331 e. The van der Waals surface area contributed by atoms with Crippen molar-refractivity contribution in [3.63, 3.8) is 0 Å². The molecule has 1 aliphatic carbocycles. The number of aliphatic carboxylic acids is 1. The number of benzene rings is 2. The van der Waals surface area contributed by atoms with Crippen molar-refractivity contribution < 1.29 is 24.0 Å². The summed E-state index contributed by atoms with van der Waals surface area (Å²) in [5.74, 6) is -0.376. The van der Waals surface area contributed by atoms with Crippen LogP contribution in [0.25, 0.3) is 22.2 Å². The summed E-state index contributed by atoms with van der Waals surface area (Å²) in [6.07, 6.45) is 2.79. The van der Waals surface area contributed by atoms with E-state index in [0.717, 1.165) is 29.2 Å². The van der Waals surface area contributed by atoms with E-state index < -0.39 is 24.2 Å². The highest BCUT2D eigenvalue weighted by Crippen LogP contribution is 2.26. The molecule has 0 unspecified atom stereocenters. The van der Waals surface area contributed by atoms with Crippen molar-refractivity contribution in [1.29, 1.82) is 0 Å². The second kappa shape index (κ2) is 11.5. The Balaban J connectivity index is 1.52. The number of amides is 1. The van der Waals surface area contributed by atoms with Gasteiger partial charge >= 0.3 is 5.97 Å². The molecule has 0 saturated carbocycles. The molecule has 0 radical (unpaired) electrons. The maximum absolute atomic E-state index is 12.0. The van der Waals surface area contributed by atoms with E-state index in [1.165, 1.54) is 6.92 Å². The van der Waals surface area contributed by atoms with Gasteiger partial charge in [-0.15, -0.1) is 0 Å². The van der Waals surface area contributed by atoms with E-state index >= 15 is 0 Å². The van der Waals surface area contributed by atoms with E-state index in [2.05, 4.69) is 20.8 Å². The summed E-state index contributed by atoms with van der Waals surface area (Å²) in [6.45, 7) is 5.72. The first-order valence-corrected chi connectivity index (χ1v) is 12.3. The first kappa shape index (κ1) is 25.5. The number of carboxylic acid groups (broad SMARTS) is 1. The molecule has 190 valence electrons. The SMILES string of the molecule is CCC(CC)O[C@@H]1C=C(C(=O)O)C[C@H](NCc2noc(-c3ccc4ccccc4c3)n2)[C@H]1NC(C)=O. The van der Waals surface area contributed by atoms with Gasteiger partial charge in [0.05, 0.1) is 24.8 Å². The summed E-state index contributed by atoms with van der Waals surface area (Å²) in [5, 5.41) is 22.3. The summed E-state index contributed by atoms with van der Waals surface area (Å²) in [7, 11) is 0. The number of carbonyl (C=O) groups is 2. The number of rotatable bonds is 10. The molecular formula is C27H32N4O5. The molecule has 4 rings (SSSR count). The number of fused-ring (bicyclic) bond motifs is 1. The maximum atomic E-state index is 12.0. The van der Waals surface area contributed by atoms with Crippen LogP contribution in [0.3, 0.4) is 0 Å². The van der Waals surface area contributed by atoms with Crippen molar-refractivity contribution in [1.82, 2.24) is 20.8 Å². The minimum absolute atomic E-state index is 0.0435. The topological polar surface area (TPSA) is 127 Å². The molecule has 36 heavy (non-hydrogen) atoms. The molecule has 0 fully saturated rings. The van der Waals surface area contributed by atoms with Crippen LogP contribution in [0.4, 0.5) is 0 Å². The Bertz CT molecular complexity index is 1250. The Labute approximate surface area is 209 Å². The van der Waals surface area contributed by atoms with Gasteiger partial charge in [-0.2, -0.15) is 4.98 Å². The van der Waals surface area contributed by atoms with Gasteiger partial charge in [-0.25, -0.2) is 4.79 Å². The second-order valence-electron chi connectivity index (χ2n) is 9.03. The van der Waals surface area contributed by atoms with Crippen molar-refractivity contribution in [2.24, 2.45) is 0 Å². The summed E-state index contributed by atoms with van der Waals surface area (Å²) in [6, 6.07) is 13.1. The average molecular weight is 493 g/mol. The molecule has 1 aromatic heterocycles. The molecule has 9 heteroatoms. The maximum Gasteiger partial charge on any atom is 0.331 e. The predicted octanol–water partition coefficient (Wildman–Crippen LogP) is 3.84. The highest BCUT2D eigenvalue weighted by atomic mass is 16.5. The van der Waals surface area contributed by atoms with Gasteiger partial charge in [0.15, 0.2) is 5.82 Å². The standard InChI is InChI=1S/C27H32N4O5/c1-4-21(5-2)35-23-14-20(27(33)34)13-22(25(23)29-16(3)32)28-15-24-30-26(36-31-24)19-11-10-17-8-6-7-9-18(17)12-19/h6-12,14,21-23,25,28H,4-5,13,15H2,1-3H3,(H,29,32)(H,33,34)/t22-,23+,25+/m0/s1. The van der Waals surface area contributed by atoms with Crippen LogP contribution in [0.1, 0.15) is 45.9 Å². The predicted molar refractivity (Wildman–Crippen MR) is 135 cm³/mol. The summed E-state index contributed by atoms with van der Waals surface area (Å²) in [5.41, 5.74) is 1.06. The average Bonchev–Trinajstić information content (AvgIpc) is 3.35. The van der Waals surface area contributed by atoms with Crippen LogP contribution < -0.4 is 10.6 Å². The lowest BCUT2D eigenvalue weighted by Gasteiger charge is -2.38. The van der Waals surface area contributed by atoms with Crippen LogP contribution in [0.5, 0.6) is 0 Å². The molecule has 3 aromatic rings. The molecule has 0 bridgehead atoms. The number of carboxylic acids is 1. The number of carbonyl (C=O) groups excluding carboxylic acids is 1. The number of hydrogen-bond acceptors (Lipinski definition) is 7. The number of ether oxygens (including phenoxy) is 1. The van der Waals surface area contributed by atoms with Crippen molar-refractivity contribution in [3.8, 4) is 11.5 Å². The third-order valence-corrected chi connectivity index (χ3v) is 6.48. The van der Waals surface area contributed by atoms with Crippen LogP contribution >= 0.6 is 0 Å². The molecule has 9 nitrogen and oxygen atoms in total. The first-order chi connectivity index (χ1) is 17.4. The second-order valence-corrected chi connectivity index (χ2v) is 9.03. The van der Waals surface area contributed by atoms with Crippen LogP contribution in [-0.4, -0.2) is 51.4 Å². The molecule has 3 N–H and O–H groups in total. The third kappa shape index (κ3) is 5.98. The van der Waals surface area contributed by atoms with E-state index in [9.17, 15) is 14.7 Å². The van der Waals surface area contributed by atoms with Gasteiger partial charge in [-0.3, -0.25) is 4.79 Å². The van der Waals surface area contributed by atoms with E-state index in [1.807, 2.05) is 56.3 Å². The van der Waals surface area contributed by atoms with E-state index in [4.69, 9.17) is 9.26 Å². The van der Waals surface area contributed by atoms with E-state index in [0.29, 0.717) is 11.7 Å². The number of aromatic nitrogens is 2. The molecular weight excluding hydrogens is 460 g/mol. The zero-order chi connectivity index (χ0) is 25.7. The molecule has 1 aliphatic rings. The zero-order valence-corrected chi connectivity index (χ0v) is 20.7. The van der Waals surface area contributed by atoms with Crippen molar-refractivity contribution in [2.45, 2.75) is 70.9 Å². The number of nitrogens with zero attached hydrogens (tertiary/aromatic N) is 2. The fourth-order valence-corrected chi connectivity index (χ4v) is 4.55. The molecule has 0 aliphatic heterocycles. The monoisotopic (exact) mass is 492 g/mol. The zero-order valence-electron chi connectivity index (χ0n) is 20.7. The normalized spacial score (nSPS) is 19.9. The quantitative estimate of drug-likeness (QED) is 0.390. The fraction of sp³-hybridized carbons (Fsp3) is 0.407. The van der Waals surface area contributed by atoms with Gasteiger partial charge in [0.2, 0.25) is 5.91 Å². The number of nitrogens with one attached hydrogen (secondary N) is 2. The molecule has 1 amide bonds. The highest BCUT2D eigenvalue weighted by Gasteiger charge is 2.37. The van der Waals surface area contributed by atoms with E-state index in [-0.39, 0.29) is 30.5 Å². The third-order valence-electron chi connectivity index (χ3n) is 6.48. The minimum atomic E-state index is -1.00. The van der Waals surface area contributed by atoms with Crippen LogP contribution in [0, 0.1) is 0 Å². The Morgan fingerprint density at radius 1 is 1.17 bits per heavy atom. The van der Waals surface area contributed by atoms with E-state index in [1.54, 1.807) is 6.08 Å². The molecule has 2 aromatic carbocycles. The molecule has 0 spiro atoms.